The average Bonchev–Trinajstić information content (AvgIpc) is 2.54. The zero-order valence-electron chi connectivity index (χ0n) is 14.5. The van der Waals surface area contributed by atoms with Crippen LogP contribution in [0, 0.1) is 0 Å². The Hall–Kier alpha value is -1.60. The molecule has 0 bridgehead atoms. The van der Waals surface area contributed by atoms with Gasteiger partial charge in [-0.15, -0.1) is 0 Å². The summed E-state index contributed by atoms with van der Waals surface area (Å²) < 4.78 is 31.8. The minimum atomic E-state index is -3.38. The van der Waals surface area contributed by atoms with Gasteiger partial charge in [0, 0.05) is 24.2 Å². The second-order valence-corrected chi connectivity index (χ2v) is 8.26. The van der Waals surface area contributed by atoms with Crippen LogP contribution >= 0.6 is 0 Å². The second kappa shape index (κ2) is 7.98. The summed E-state index contributed by atoms with van der Waals surface area (Å²) in [6, 6.07) is 6.81. The highest BCUT2D eigenvalue weighted by Gasteiger charge is 2.34. The lowest BCUT2D eigenvalue weighted by Gasteiger charge is -2.37. The minimum Gasteiger partial charge on any atom is -0.497 e. The number of methoxy groups -OCH3 is 1. The summed E-state index contributed by atoms with van der Waals surface area (Å²) in [5, 5.41) is 2.67. The molecular weight excluding hydrogens is 328 g/mol. The van der Waals surface area contributed by atoms with E-state index in [9.17, 15) is 13.2 Å². The van der Waals surface area contributed by atoms with Crippen LogP contribution in [0.3, 0.4) is 0 Å². The molecule has 1 aromatic rings. The quantitative estimate of drug-likeness (QED) is 0.848. The summed E-state index contributed by atoms with van der Waals surface area (Å²) in [4.78, 5) is 12.1. The number of nitrogens with zero attached hydrogens (tertiary/aromatic N) is 1. The van der Waals surface area contributed by atoms with Gasteiger partial charge in [0.05, 0.1) is 12.9 Å². The number of ether oxygens (including phenoxy) is 1. The smallest absolute Gasteiger partial charge is 0.251 e. The van der Waals surface area contributed by atoms with Crippen molar-refractivity contribution in [3.05, 3.63) is 29.8 Å². The van der Waals surface area contributed by atoms with Crippen molar-refractivity contribution in [3.63, 3.8) is 0 Å². The Balaban J connectivity index is 1.93. The van der Waals surface area contributed by atoms with E-state index in [4.69, 9.17) is 4.74 Å². The van der Waals surface area contributed by atoms with E-state index < -0.39 is 10.0 Å². The maximum Gasteiger partial charge on any atom is 0.251 e. The number of sulfonamides is 1. The van der Waals surface area contributed by atoms with Crippen molar-refractivity contribution in [3.8, 4) is 5.75 Å². The zero-order valence-corrected chi connectivity index (χ0v) is 15.3. The summed E-state index contributed by atoms with van der Waals surface area (Å²) in [5.41, 5.74) is 0.450. The van der Waals surface area contributed by atoms with Crippen LogP contribution in [0.5, 0.6) is 5.75 Å². The highest BCUT2D eigenvalue weighted by atomic mass is 32.2. The van der Waals surface area contributed by atoms with Crippen molar-refractivity contribution in [2.45, 2.75) is 45.2 Å². The molecule has 6 nitrogen and oxygen atoms in total. The normalized spacial score (nSPS) is 22.1. The fraction of sp³-hybridized carbons (Fsp3) is 0.588. The topological polar surface area (TPSA) is 75.7 Å². The summed E-state index contributed by atoms with van der Waals surface area (Å²) >= 11 is 0. The molecule has 134 valence electrons. The molecule has 2 rings (SSSR count). The van der Waals surface area contributed by atoms with E-state index in [0.29, 0.717) is 11.3 Å². The molecule has 7 heteroatoms. The number of rotatable bonds is 6. The van der Waals surface area contributed by atoms with Gasteiger partial charge in [-0.2, -0.15) is 4.31 Å². The SMILES string of the molecule is COc1cccc(C(=O)NCCS(=O)(=O)N2[C@H](C)CCC[C@H]2C)c1. The highest BCUT2D eigenvalue weighted by Crippen LogP contribution is 2.25. The number of carbonyl (C=O) groups excluding carboxylic acids is 1. The predicted octanol–water partition coefficient (Wildman–Crippen LogP) is 2.02. The van der Waals surface area contributed by atoms with Crippen LogP contribution in [-0.2, 0) is 10.0 Å². The summed E-state index contributed by atoms with van der Waals surface area (Å²) in [6.07, 6.45) is 2.83. The lowest BCUT2D eigenvalue weighted by atomic mass is 10.0. The molecule has 0 aromatic heterocycles. The van der Waals surface area contributed by atoms with Gasteiger partial charge in [0.15, 0.2) is 0 Å². The van der Waals surface area contributed by atoms with Gasteiger partial charge in [-0.05, 0) is 44.9 Å². The maximum atomic E-state index is 12.6. The van der Waals surface area contributed by atoms with Gasteiger partial charge < -0.3 is 10.1 Å². The summed E-state index contributed by atoms with van der Waals surface area (Å²) in [6.45, 7) is 3.98. The van der Waals surface area contributed by atoms with Gasteiger partial charge in [-0.1, -0.05) is 12.5 Å². The molecule has 2 atom stereocenters. The number of hydrogen-bond donors (Lipinski definition) is 1. The van der Waals surface area contributed by atoms with Crippen LogP contribution in [-0.4, -0.2) is 50.1 Å². The molecular formula is C17H26N2O4S. The predicted molar refractivity (Wildman–Crippen MR) is 93.7 cm³/mol. The Morgan fingerprint density at radius 3 is 2.58 bits per heavy atom. The highest BCUT2D eigenvalue weighted by molar-refractivity contribution is 7.89. The van der Waals surface area contributed by atoms with E-state index in [1.54, 1.807) is 28.6 Å². The zero-order chi connectivity index (χ0) is 17.7. The number of carbonyl (C=O) groups is 1. The summed E-state index contributed by atoms with van der Waals surface area (Å²) in [5.74, 6) is 0.201. The van der Waals surface area contributed by atoms with E-state index in [-0.39, 0.29) is 30.3 Å². The lowest BCUT2D eigenvalue weighted by molar-refractivity contribution is 0.0955. The van der Waals surface area contributed by atoms with Gasteiger partial charge in [0.2, 0.25) is 10.0 Å². The van der Waals surface area contributed by atoms with Gasteiger partial charge in [0.25, 0.3) is 5.91 Å². The molecule has 1 N–H and O–H groups in total. The van der Waals surface area contributed by atoms with Crippen molar-refractivity contribution >= 4 is 15.9 Å². The first-order valence-electron chi connectivity index (χ1n) is 8.28. The third-order valence-corrected chi connectivity index (χ3v) is 6.49. The molecule has 0 spiro atoms. The van der Waals surface area contributed by atoms with E-state index in [1.807, 2.05) is 13.8 Å². The molecule has 24 heavy (non-hydrogen) atoms. The Labute approximate surface area is 144 Å². The van der Waals surface area contributed by atoms with Gasteiger partial charge in [-0.25, -0.2) is 8.42 Å². The Bertz CT molecular complexity index is 665. The molecule has 1 aliphatic rings. The number of piperidine rings is 1. The molecule has 1 saturated heterocycles. The number of amides is 1. The third-order valence-electron chi connectivity index (χ3n) is 4.41. The standard InChI is InChI=1S/C17H26N2O4S/c1-13-6-4-7-14(2)19(13)24(21,22)11-10-18-17(20)15-8-5-9-16(12-15)23-3/h5,8-9,12-14H,4,6-7,10-11H2,1-3H3,(H,18,20)/t13-,14-/m1/s1. The second-order valence-electron chi connectivity index (χ2n) is 6.26. The molecule has 1 aromatic carbocycles. The minimum absolute atomic E-state index is 0.0211. The molecule has 0 aliphatic carbocycles. The first-order valence-corrected chi connectivity index (χ1v) is 9.89. The molecule has 0 saturated carbocycles. The van der Waals surface area contributed by atoms with Crippen molar-refractivity contribution in [1.29, 1.82) is 0 Å². The van der Waals surface area contributed by atoms with Crippen molar-refractivity contribution in [2.24, 2.45) is 0 Å². The molecule has 1 amide bonds. The molecule has 1 fully saturated rings. The van der Waals surface area contributed by atoms with E-state index in [0.717, 1.165) is 19.3 Å². The third kappa shape index (κ3) is 4.48. The monoisotopic (exact) mass is 354 g/mol. The number of hydrogen-bond acceptors (Lipinski definition) is 4. The number of benzene rings is 1. The van der Waals surface area contributed by atoms with Crippen molar-refractivity contribution in [2.75, 3.05) is 19.4 Å². The van der Waals surface area contributed by atoms with Crippen molar-refractivity contribution in [1.82, 2.24) is 9.62 Å². The van der Waals surface area contributed by atoms with Crippen molar-refractivity contribution < 1.29 is 17.9 Å². The Morgan fingerprint density at radius 2 is 1.96 bits per heavy atom. The van der Waals surface area contributed by atoms with E-state index >= 15 is 0 Å². The van der Waals surface area contributed by atoms with Crippen LogP contribution in [0.2, 0.25) is 0 Å². The molecule has 0 unspecified atom stereocenters. The first-order chi connectivity index (χ1) is 11.3. The number of nitrogens with one attached hydrogen (secondary N) is 1. The first kappa shape index (κ1) is 18.7. The van der Waals surface area contributed by atoms with Gasteiger partial charge >= 0.3 is 0 Å². The average molecular weight is 354 g/mol. The van der Waals surface area contributed by atoms with Gasteiger partial charge in [-0.3, -0.25) is 4.79 Å². The Kier molecular flexibility index (Phi) is 6.23. The van der Waals surface area contributed by atoms with Crippen LogP contribution in [0.15, 0.2) is 24.3 Å². The molecule has 0 radical (unpaired) electrons. The maximum absolute atomic E-state index is 12.6. The molecule has 1 aliphatic heterocycles. The van der Waals surface area contributed by atoms with Crippen LogP contribution in [0.25, 0.3) is 0 Å². The molecule has 1 heterocycles. The van der Waals surface area contributed by atoms with Crippen LogP contribution in [0.1, 0.15) is 43.5 Å². The van der Waals surface area contributed by atoms with Crippen LogP contribution < -0.4 is 10.1 Å². The van der Waals surface area contributed by atoms with E-state index in [2.05, 4.69) is 5.32 Å². The fourth-order valence-corrected chi connectivity index (χ4v) is 5.09. The summed E-state index contributed by atoms with van der Waals surface area (Å²) in [7, 11) is -1.85. The van der Waals surface area contributed by atoms with Crippen LogP contribution in [0.4, 0.5) is 0 Å². The Morgan fingerprint density at radius 1 is 1.29 bits per heavy atom. The largest absolute Gasteiger partial charge is 0.497 e. The van der Waals surface area contributed by atoms with Gasteiger partial charge in [0.1, 0.15) is 5.75 Å². The lowest BCUT2D eigenvalue weighted by Crippen LogP contribution is -2.49. The van der Waals surface area contributed by atoms with E-state index in [1.165, 1.54) is 7.11 Å². The fourth-order valence-electron chi connectivity index (χ4n) is 3.21.